The molecule has 2 aliphatic heterocycles. The number of ether oxygens (including phenoxy) is 4. The smallest absolute Gasteiger partial charge is 0.196 e. The van der Waals surface area contributed by atoms with Crippen LogP contribution in [0, 0.1) is 0 Å². The van der Waals surface area contributed by atoms with E-state index >= 15 is 0 Å². The van der Waals surface area contributed by atoms with Gasteiger partial charge in [-0.1, -0.05) is 6.07 Å². The first-order chi connectivity index (χ1) is 17.1. The number of methoxy groups -OCH3 is 2. The number of ketones is 1. The molecule has 0 bridgehead atoms. The first-order valence-electron chi connectivity index (χ1n) is 12.3. The number of Topliss-reactive ketones (excluding diaryl/α,β-unsaturated/α-hetero) is 1. The third-order valence-electron chi connectivity index (χ3n) is 6.61. The van der Waals surface area contributed by atoms with Crippen molar-refractivity contribution in [3.05, 3.63) is 53.1 Å². The standard InChI is InChI=1S/C28H36N2O5/c1-29-12-14-30(15-13-29)11-5-4-6-16-34-26-9-7-21(18-27(26)33-3)17-22-20-35-25-10-8-23(32-2)19-24(25)28(22)31/h7-10,17-19H,4-6,11-16,20H2,1-3H3. The van der Waals surface area contributed by atoms with Gasteiger partial charge in [-0.2, -0.15) is 0 Å². The quantitative estimate of drug-likeness (QED) is 0.374. The molecule has 7 heteroatoms. The minimum absolute atomic E-state index is 0.0546. The van der Waals surface area contributed by atoms with Gasteiger partial charge in [-0.3, -0.25) is 4.79 Å². The highest BCUT2D eigenvalue weighted by Crippen LogP contribution is 2.33. The summed E-state index contributed by atoms with van der Waals surface area (Å²) in [6.07, 6.45) is 5.20. The summed E-state index contributed by atoms with van der Waals surface area (Å²) in [7, 11) is 5.40. The van der Waals surface area contributed by atoms with E-state index in [4.69, 9.17) is 18.9 Å². The van der Waals surface area contributed by atoms with Gasteiger partial charge < -0.3 is 28.7 Å². The van der Waals surface area contributed by atoms with E-state index in [0.717, 1.165) is 24.2 Å². The van der Waals surface area contributed by atoms with Crippen molar-refractivity contribution in [2.45, 2.75) is 19.3 Å². The van der Waals surface area contributed by atoms with Crippen LogP contribution in [0.2, 0.25) is 0 Å². The van der Waals surface area contributed by atoms with E-state index in [1.54, 1.807) is 32.4 Å². The molecular formula is C28H36N2O5. The van der Waals surface area contributed by atoms with Crippen LogP contribution in [-0.4, -0.2) is 82.8 Å². The van der Waals surface area contributed by atoms with Crippen LogP contribution in [0.25, 0.3) is 6.08 Å². The lowest BCUT2D eigenvalue weighted by Gasteiger charge is -2.32. The molecule has 2 aromatic carbocycles. The highest BCUT2D eigenvalue weighted by Gasteiger charge is 2.24. The van der Waals surface area contributed by atoms with Crippen LogP contribution >= 0.6 is 0 Å². The number of likely N-dealkylation sites (N-methyl/N-ethyl adjacent to an activating group) is 1. The Kier molecular flexibility index (Phi) is 8.66. The Hall–Kier alpha value is -3.03. The molecule has 4 rings (SSSR count). The molecule has 0 saturated carbocycles. The van der Waals surface area contributed by atoms with Crippen LogP contribution in [0.1, 0.15) is 35.2 Å². The van der Waals surface area contributed by atoms with Crippen molar-refractivity contribution in [1.29, 1.82) is 0 Å². The average molecular weight is 481 g/mol. The zero-order chi connectivity index (χ0) is 24.6. The summed E-state index contributed by atoms with van der Waals surface area (Å²) in [5.74, 6) is 2.53. The van der Waals surface area contributed by atoms with Gasteiger partial charge in [0.05, 0.1) is 26.4 Å². The Bertz CT molecular complexity index is 1040. The van der Waals surface area contributed by atoms with Gasteiger partial charge in [-0.25, -0.2) is 0 Å². The van der Waals surface area contributed by atoms with E-state index in [1.165, 1.54) is 39.1 Å². The van der Waals surface area contributed by atoms with E-state index in [9.17, 15) is 4.79 Å². The molecule has 0 radical (unpaired) electrons. The van der Waals surface area contributed by atoms with Crippen molar-refractivity contribution < 1.29 is 23.7 Å². The Morgan fingerprint density at radius 1 is 0.943 bits per heavy atom. The van der Waals surface area contributed by atoms with Crippen molar-refractivity contribution in [3.63, 3.8) is 0 Å². The van der Waals surface area contributed by atoms with Crippen LogP contribution in [0.15, 0.2) is 42.0 Å². The SMILES string of the molecule is COc1ccc2c(c1)C(=O)C(=Cc1ccc(OCCCCCN3CCN(C)CC3)c(OC)c1)CO2. The van der Waals surface area contributed by atoms with Gasteiger partial charge in [0.25, 0.3) is 0 Å². The average Bonchev–Trinajstić information content (AvgIpc) is 2.89. The topological polar surface area (TPSA) is 60.5 Å². The van der Waals surface area contributed by atoms with Crippen LogP contribution in [0.4, 0.5) is 0 Å². The number of carbonyl (C=O) groups is 1. The maximum Gasteiger partial charge on any atom is 0.196 e. The fourth-order valence-electron chi connectivity index (χ4n) is 4.40. The van der Waals surface area contributed by atoms with Crippen molar-refractivity contribution in [2.24, 2.45) is 0 Å². The maximum absolute atomic E-state index is 13.0. The largest absolute Gasteiger partial charge is 0.497 e. The zero-order valence-electron chi connectivity index (χ0n) is 21.0. The van der Waals surface area contributed by atoms with E-state index < -0.39 is 0 Å². The number of benzene rings is 2. The predicted molar refractivity (Wildman–Crippen MR) is 137 cm³/mol. The molecular weight excluding hydrogens is 444 g/mol. The van der Waals surface area contributed by atoms with Crippen LogP contribution in [-0.2, 0) is 0 Å². The van der Waals surface area contributed by atoms with Gasteiger partial charge in [0.1, 0.15) is 18.1 Å². The van der Waals surface area contributed by atoms with Crippen LogP contribution < -0.4 is 18.9 Å². The van der Waals surface area contributed by atoms with E-state index in [1.807, 2.05) is 24.3 Å². The summed E-state index contributed by atoms with van der Waals surface area (Å²) in [6, 6.07) is 11.0. The number of hydrogen-bond acceptors (Lipinski definition) is 7. The second-order valence-electron chi connectivity index (χ2n) is 9.11. The molecule has 2 aromatic rings. The number of nitrogens with zero attached hydrogens (tertiary/aromatic N) is 2. The van der Waals surface area contributed by atoms with Gasteiger partial charge in [0, 0.05) is 31.8 Å². The molecule has 0 atom stereocenters. The Labute approximate surface area is 208 Å². The molecule has 0 aliphatic carbocycles. The normalized spacial score (nSPS) is 17.7. The number of fused-ring (bicyclic) bond motifs is 1. The highest BCUT2D eigenvalue weighted by atomic mass is 16.5. The fraction of sp³-hybridized carbons (Fsp3) is 0.464. The molecule has 0 spiro atoms. The molecule has 2 aliphatic rings. The van der Waals surface area contributed by atoms with Crippen molar-refractivity contribution in [3.8, 4) is 23.0 Å². The number of unbranched alkanes of at least 4 members (excludes halogenated alkanes) is 2. The summed E-state index contributed by atoms with van der Waals surface area (Å²) >= 11 is 0. The monoisotopic (exact) mass is 480 g/mol. The molecule has 188 valence electrons. The zero-order valence-corrected chi connectivity index (χ0v) is 21.0. The third-order valence-corrected chi connectivity index (χ3v) is 6.61. The minimum Gasteiger partial charge on any atom is -0.497 e. The highest BCUT2D eigenvalue weighted by molar-refractivity contribution is 6.14. The minimum atomic E-state index is -0.0546. The Morgan fingerprint density at radius 3 is 2.54 bits per heavy atom. The first kappa shape index (κ1) is 25.1. The van der Waals surface area contributed by atoms with Crippen molar-refractivity contribution in [2.75, 3.05) is 67.2 Å². The van der Waals surface area contributed by atoms with Gasteiger partial charge >= 0.3 is 0 Å². The lowest BCUT2D eigenvalue weighted by atomic mass is 9.98. The third kappa shape index (κ3) is 6.55. The molecule has 35 heavy (non-hydrogen) atoms. The number of rotatable bonds is 10. The molecule has 1 fully saturated rings. The second-order valence-corrected chi connectivity index (χ2v) is 9.11. The molecule has 0 N–H and O–H groups in total. The van der Waals surface area contributed by atoms with Gasteiger partial charge in [0.2, 0.25) is 0 Å². The van der Waals surface area contributed by atoms with Crippen LogP contribution in [0.5, 0.6) is 23.0 Å². The van der Waals surface area contributed by atoms with Gasteiger partial charge in [-0.05, 0) is 74.8 Å². The van der Waals surface area contributed by atoms with E-state index in [-0.39, 0.29) is 12.4 Å². The Morgan fingerprint density at radius 2 is 1.77 bits per heavy atom. The van der Waals surface area contributed by atoms with E-state index in [2.05, 4.69) is 16.8 Å². The summed E-state index contributed by atoms with van der Waals surface area (Å²) < 4.78 is 22.6. The van der Waals surface area contributed by atoms with Crippen molar-refractivity contribution in [1.82, 2.24) is 9.80 Å². The summed E-state index contributed by atoms with van der Waals surface area (Å²) in [6.45, 7) is 6.73. The number of piperazine rings is 1. The van der Waals surface area contributed by atoms with Crippen LogP contribution in [0.3, 0.4) is 0 Å². The van der Waals surface area contributed by atoms with Crippen molar-refractivity contribution >= 4 is 11.9 Å². The Balaban J connectivity index is 1.29. The number of carbonyl (C=O) groups excluding carboxylic acids is 1. The molecule has 0 amide bonds. The molecule has 1 saturated heterocycles. The number of hydrogen-bond donors (Lipinski definition) is 0. The first-order valence-corrected chi connectivity index (χ1v) is 12.3. The summed E-state index contributed by atoms with van der Waals surface area (Å²) in [5, 5.41) is 0. The molecule has 0 unspecified atom stereocenters. The predicted octanol–water partition coefficient (Wildman–Crippen LogP) is 4.16. The lowest BCUT2D eigenvalue weighted by molar-refractivity contribution is 0.100. The summed E-state index contributed by atoms with van der Waals surface area (Å²) in [4.78, 5) is 17.9. The lowest BCUT2D eigenvalue weighted by Crippen LogP contribution is -2.44. The molecule has 2 heterocycles. The molecule has 7 nitrogen and oxygen atoms in total. The van der Waals surface area contributed by atoms with Gasteiger partial charge in [0.15, 0.2) is 17.3 Å². The maximum atomic E-state index is 13.0. The van der Waals surface area contributed by atoms with E-state index in [0.29, 0.717) is 35.0 Å². The summed E-state index contributed by atoms with van der Waals surface area (Å²) in [5.41, 5.74) is 1.96. The molecule has 0 aromatic heterocycles. The second kappa shape index (κ2) is 12.1. The fourth-order valence-corrected chi connectivity index (χ4v) is 4.40. The van der Waals surface area contributed by atoms with Gasteiger partial charge in [-0.15, -0.1) is 0 Å².